The van der Waals surface area contributed by atoms with Gasteiger partial charge < -0.3 is 10.5 Å². The van der Waals surface area contributed by atoms with E-state index >= 15 is 0 Å². The standard InChI is InChI=1S/C24H25BrF2N6O3S/c1-23(2)22(28)32-24(3,14-37(23,34)35)17-8-15(4-5-18(17)26)9-19(27)20-11-30-21(12-29-20)36-7-6-33-13-16(25)10-31-33/h4-5,8-13H,6-7,14H2,1-3H3,(H2,28,32)/b19-9-/t24-/m0/s1. The van der Waals surface area contributed by atoms with Gasteiger partial charge in [-0.1, -0.05) is 6.07 Å². The molecular weight excluding hydrogens is 570 g/mol. The second kappa shape index (κ2) is 9.93. The quantitative estimate of drug-likeness (QED) is 0.439. The normalized spacial score (nSPS) is 20.9. The fourth-order valence-electron chi connectivity index (χ4n) is 3.76. The summed E-state index contributed by atoms with van der Waals surface area (Å²) in [5.41, 5.74) is 4.73. The van der Waals surface area contributed by atoms with E-state index < -0.39 is 37.5 Å². The molecule has 0 saturated heterocycles. The molecule has 1 aliphatic heterocycles. The Hall–Kier alpha value is -3.19. The predicted molar refractivity (Wildman–Crippen MR) is 140 cm³/mol. The van der Waals surface area contributed by atoms with Crippen LogP contribution in [0.15, 0.2) is 52.5 Å². The number of amidine groups is 1. The molecule has 0 bridgehead atoms. The van der Waals surface area contributed by atoms with Crippen LogP contribution in [0.4, 0.5) is 8.78 Å². The smallest absolute Gasteiger partial charge is 0.232 e. The molecule has 4 rings (SSSR count). The summed E-state index contributed by atoms with van der Waals surface area (Å²) in [5.74, 6) is -1.72. The number of nitrogens with zero attached hydrogens (tertiary/aromatic N) is 5. The molecule has 13 heteroatoms. The van der Waals surface area contributed by atoms with Crippen LogP contribution in [0.5, 0.6) is 5.88 Å². The van der Waals surface area contributed by atoms with Crippen LogP contribution in [0.1, 0.15) is 37.6 Å². The SMILES string of the molecule is CC1(C)C(N)=N[C@](C)(c2cc(/C=C(\F)c3cnc(OCCn4cc(Br)cn4)cn3)ccc2F)CS1(=O)=O. The lowest BCUT2D eigenvalue weighted by molar-refractivity contribution is 0.279. The van der Waals surface area contributed by atoms with E-state index in [2.05, 4.69) is 36.0 Å². The molecule has 0 radical (unpaired) electrons. The summed E-state index contributed by atoms with van der Waals surface area (Å²) in [6.07, 6.45) is 7.13. The third-order valence-electron chi connectivity index (χ3n) is 6.14. The van der Waals surface area contributed by atoms with Crippen molar-refractivity contribution in [3.63, 3.8) is 0 Å². The summed E-state index contributed by atoms with van der Waals surface area (Å²) in [6.45, 7) is 5.19. The molecule has 37 heavy (non-hydrogen) atoms. The lowest BCUT2D eigenvalue weighted by Gasteiger charge is -2.38. The van der Waals surface area contributed by atoms with Gasteiger partial charge in [0.2, 0.25) is 5.88 Å². The number of nitrogens with two attached hydrogens (primary N) is 1. The van der Waals surface area contributed by atoms with Gasteiger partial charge in [-0.2, -0.15) is 5.10 Å². The Labute approximate surface area is 221 Å². The number of aromatic nitrogens is 4. The first kappa shape index (κ1) is 26.9. The van der Waals surface area contributed by atoms with Gasteiger partial charge in [0.25, 0.3) is 0 Å². The van der Waals surface area contributed by atoms with Crippen LogP contribution in [0.3, 0.4) is 0 Å². The number of hydrogen-bond donors (Lipinski definition) is 1. The molecular formula is C24H25BrF2N6O3S. The highest BCUT2D eigenvalue weighted by Crippen LogP contribution is 2.38. The van der Waals surface area contributed by atoms with E-state index in [0.29, 0.717) is 12.1 Å². The lowest BCUT2D eigenvalue weighted by atomic mass is 9.91. The molecule has 1 aromatic carbocycles. The second-order valence-electron chi connectivity index (χ2n) is 9.28. The number of ether oxygens (including phenoxy) is 1. The van der Waals surface area contributed by atoms with Crippen molar-refractivity contribution in [3.05, 3.63) is 70.1 Å². The topological polar surface area (TPSA) is 125 Å². The molecule has 3 aromatic rings. The van der Waals surface area contributed by atoms with E-state index in [1.165, 1.54) is 45.3 Å². The number of sulfone groups is 1. The number of benzene rings is 1. The van der Waals surface area contributed by atoms with Crippen molar-refractivity contribution >= 4 is 43.5 Å². The van der Waals surface area contributed by atoms with Crippen LogP contribution in [0.2, 0.25) is 0 Å². The van der Waals surface area contributed by atoms with Gasteiger partial charge in [0.05, 0.1) is 35.4 Å². The average Bonchev–Trinajstić information content (AvgIpc) is 3.24. The van der Waals surface area contributed by atoms with Gasteiger partial charge in [0.1, 0.15) is 34.2 Å². The zero-order valence-electron chi connectivity index (χ0n) is 20.3. The van der Waals surface area contributed by atoms with Crippen molar-refractivity contribution in [2.24, 2.45) is 10.7 Å². The lowest BCUT2D eigenvalue weighted by Crippen LogP contribution is -2.55. The highest BCUT2D eigenvalue weighted by molar-refractivity contribution is 9.10. The Kier molecular flexibility index (Phi) is 7.21. The van der Waals surface area contributed by atoms with Crippen LogP contribution in [0.25, 0.3) is 11.9 Å². The highest BCUT2D eigenvalue weighted by Gasteiger charge is 2.49. The first-order chi connectivity index (χ1) is 17.3. The van der Waals surface area contributed by atoms with Crippen molar-refractivity contribution in [2.45, 2.75) is 37.6 Å². The first-order valence-corrected chi connectivity index (χ1v) is 13.6. The fourth-order valence-corrected chi connectivity index (χ4v) is 5.78. The summed E-state index contributed by atoms with van der Waals surface area (Å²) in [7, 11) is -3.74. The second-order valence-corrected chi connectivity index (χ2v) is 12.7. The summed E-state index contributed by atoms with van der Waals surface area (Å²) in [6, 6.07) is 3.87. The van der Waals surface area contributed by atoms with E-state index in [1.807, 2.05) is 0 Å². The largest absolute Gasteiger partial charge is 0.475 e. The minimum absolute atomic E-state index is 0.00452. The summed E-state index contributed by atoms with van der Waals surface area (Å²) < 4.78 is 62.1. The average molecular weight is 595 g/mol. The molecule has 0 unspecified atom stereocenters. The van der Waals surface area contributed by atoms with E-state index in [4.69, 9.17) is 10.5 Å². The predicted octanol–water partition coefficient (Wildman–Crippen LogP) is 3.90. The molecule has 2 aromatic heterocycles. The van der Waals surface area contributed by atoms with Crippen molar-refractivity contribution in [2.75, 3.05) is 12.4 Å². The monoisotopic (exact) mass is 594 g/mol. The molecule has 1 aliphatic rings. The number of rotatable bonds is 7. The van der Waals surface area contributed by atoms with Gasteiger partial charge >= 0.3 is 0 Å². The van der Waals surface area contributed by atoms with Gasteiger partial charge in [-0.25, -0.2) is 27.2 Å². The third kappa shape index (κ3) is 5.57. The van der Waals surface area contributed by atoms with Crippen LogP contribution in [-0.2, 0) is 21.9 Å². The Balaban J connectivity index is 1.52. The van der Waals surface area contributed by atoms with Gasteiger partial charge in [0.15, 0.2) is 15.7 Å². The zero-order chi connectivity index (χ0) is 27.0. The first-order valence-electron chi connectivity index (χ1n) is 11.2. The summed E-state index contributed by atoms with van der Waals surface area (Å²) in [4.78, 5) is 12.5. The van der Waals surface area contributed by atoms with E-state index in [9.17, 15) is 17.2 Å². The Morgan fingerprint density at radius 3 is 2.62 bits per heavy atom. The molecule has 0 saturated carbocycles. The van der Waals surface area contributed by atoms with Gasteiger partial charge in [-0.3, -0.25) is 9.67 Å². The van der Waals surface area contributed by atoms with Crippen LogP contribution in [-0.4, -0.2) is 51.1 Å². The summed E-state index contributed by atoms with van der Waals surface area (Å²) in [5, 5.41) is 4.12. The van der Waals surface area contributed by atoms with E-state index in [1.54, 1.807) is 17.1 Å². The number of aliphatic imine (C=N–C) groups is 1. The molecule has 0 aliphatic carbocycles. The maximum atomic E-state index is 14.9. The van der Waals surface area contributed by atoms with Crippen LogP contribution < -0.4 is 10.5 Å². The third-order valence-corrected chi connectivity index (χ3v) is 9.26. The molecule has 196 valence electrons. The highest BCUT2D eigenvalue weighted by atomic mass is 79.9. The maximum absolute atomic E-state index is 14.9. The van der Waals surface area contributed by atoms with Gasteiger partial charge in [-0.05, 0) is 60.5 Å². The minimum atomic E-state index is -3.74. The summed E-state index contributed by atoms with van der Waals surface area (Å²) >= 11 is 3.31. The Morgan fingerprint density at radius 1 is 1.24 bits per heavy atom. The van der Waals surface area contributed by atoms with Gasteiger partial charge in [-0.15, -0.1) is 0 Å². The van der Waals surface area contributed by atoms with Crippen molar-refractivity contribution < 1.29 is 21.9 Å². The maximum Gasteiger partial charge on any atom is 0.232 e. The molecule has 0 fully saturated rings. The zero-order valence-corrected chi connectivity index (χ0v) is 22.7. The molecule has 3 heterocycles. The Bertz CT molecular complexity index is 1490. The molecule has 2 N–H and O–H groups in total. The molecule has 1 atom stereocenters. The van der Waals surface area contributed by atoms with Crippen molar-refractivity contribution in [1.29, 1.82) is 0 Å². The van der Waals surface area contributed by atoms with Crippen molar-refractivity contribution in [1.82, 2.24) is 19.7 Å². The fraction of sp³-hybridized carbons (Fsp3) is 0.333. The van der Waals surface area contributed by atoms with Crippen LogP contribution >= 0.6 is 15.9 Å². The molecule has 0 spiro atoms. The molecule has 9 nitrogen and oxygen atoms in total. The minimum Gasteiger partial charge on any atom is -0.475 e. The van der Waals surface area contributed by atoms with E-state index in [0.717, 1.165) is 16.6 Å². The Morgan fingerprint density at radius 2 is 2.00 bits per heavy atom. The number of halogens is 3. The number of hydrogen-bond acceptors (Lipinski definition) is 8. The van der Waals surface area contributed by atoms with Crippen LogP contribution in [0, 0.1) is 5.82 Å². The van der Waals surface area contributed by atoms with Gasteiger partial charge in [0, 0.05) is 11.8 Å². The molecule has 0 amide bonds. The van der Waals surface area contributed by atoms with E-state index in [-0.39, 0.29) is 29.6 Å². The van der Waals surface area contributed by atoms with Crippen molar-refractivity contribution in [3.8, 4) is 5.88 Å².